The molecule has 4 nitrogen and oxygen atoms in total. The highest BCUT2D eigenvalue weighted by atomic mass is 16.4. The van der Waals surface area contributed by atoms with Crippen molar-refractivity contribution in [1.82, 2.24) is 5.32 Å². The standard InChI is InChI=1S/C21H23NO3/c23-20(14-17-8-4-5-9-19(17)21(24)25)22-18-12-10-16(11-13-18)15-6-2-1-3-7-15/h1-9,16,18H,10-14H2,(H,22,23)(H,24,25). The minimum Gasteiger partial charge on any atom is -0.478 e. The van der Waals surface area contributed by atoms with Gasteiger partial charge in [-0.1, -0.05) is 48.5 Å². The van der Waals surface area contributed by atoms with Crippen molar-refractivity contribution in [2.75, 3.05) is 0 Å². The number of carbonyl (C=O) groups excluding carboxylic acids is 1. The number of rotatable bonds is 5. The van der Waals surface area contributed by atoms with Crippen LogP contribution >= 0.6 is 0 Å². The largest absolute Gasteiger partial charge is 0.478 e. The van der Waals surface area contributed by atoms with Gasteiger partial charge in [-0.25, -0.2) is 4.79 Å². The molecule has 2 aromatic rings. The summed E-state index contributed by atoms with van der Waals surface area (Å²) >= 11 is 0. The predicted molar refractivity (Wildman–Crippen MR) is 96.7 cm³/mol. The summed E-state index contributed by atoms with van der Waals surface area (Å²) < 4.78 is 0. The summed E-state index contributed by atoms with van der Waals surface area (Å²) in [7, 11) is 0. The van der Waals surface area contributed by atoms with Gasteiger partial charge < -0.3 is 10.4 Å². The summed E-state index contributed by atoms with van der Waals surface area (Å²) in [6.07, 6.45) is 4.18. The minimum absolute atomic E-state index is 0.100. The van der Waals surface area contributed by atoms with Gasteiger partial charge in [-0.15, -0.1) is 0 Å². The van der Waals surface area contributed by atoms with Crippen molar-refractivity contribution in [3.8, 4) is 0 Å². The fourth-order valence-corrected chi connectivity index (χ4v) is 3.63. The monoisotopic (exact) mass is 337 g/mol. The average molecular weight is 337 g/mol. The molecule has 2 N–H and O–H groups in total. The number of hydrogen-bond donors (Lipinski definition) is 2. The van der Waals surface area contributed by atoms with Crippen LogP contribution in [0.15, 0.2) is 54.6 Å². The molecular weight excluding hydrogens is 314 g/mol. The molecule has 0 unspecified atom stereocenters. The van der Waals surface area contributed by atoms with Crippen molar-refractivity contribution < 1.29 is 14.7 Å². The van der Waals surface area contributed by atoms with E-state index in [4.69, 9.17) is 0 Å². The molecule has 0 atom stereocenters. The molecule has 0 radical (unpaired) electrons. The van der Waals surface area contributed by atoms with Crippen LogP contribution < -0.4 is 5.32 Å². The molecule has 4 heteroatoms. The molecule has 0 bridgehead atoms. The van der Waals surface area contributed by atoms with E-state index in [9.17, 15) is 14.7 Å². The number of hydrogen-bond acceptors (Lipinski definition) is 2. The SMILES string of the molecule is O=C(Cc1ccccc1C(=O)O)NC1CCC(c2ccccc2)CC1. The lowest BCUT2D eigenvalue weighted by Crippen LogP contribution is -2.38. The molecule has 1 amide bonds. The van der Waals surface area contributed by atoms with Crippen molar-refractivity contribution in [3.63, 3.8) is 0 Å². The Labute approximate surface area is 147 Å². The number of benzene rings is 2. The molecule has 25 heavy (non-hydrogen) atoms. The van der Waals surface area contributed by atoms with Crippen molar-refractivity contribution in [2.45, 2.75) is 44.1 Å². The maximum Gasteiger partial charge on any atom is 0.335 e. The molecule has 1 fully saturated rings. The van der Waals surface area contributed by atoms with Gasteiger partial charge in [0.2, 0.25) is 5.91 Å². The van der Waals surface area contributed by atoms with Gasteiger partial charge in [0.1, 0.15) is 0 Å². The van der Waals surface area contributed by atoms with Crippen LogP contribution in [0, 0.1) is 0 Å². The third-order valence-corrected chi connectivity index (χ3v) is 4.96. The third-order valence-electron chi connectivity index (χ3n) is 4.96. The summed E-state index contributed by atoms with van der Waals surface area (Å²) in [5.41, 5.74) is 2.14. The second kappa shape index (κ2) is 7.97. The van der Waals surface area contributed by atoms with E-state index in [1.165, 1.54) is 11.6 Å². The lowest BCUT2D eigenvalue weighted by atomic mass is 9.82. The number of carboxylic acids is 1. The molecule has 130 valence electrons. The lowest BCUT2D eigenvalue weighted by molar-refractivity contribution is -0.121. The molecule has 0 saturated heterocycles. The van der Waals surface area contributed by atoms with Crippen LogP contribution in [0.2, 0.25) is 0 Å². The predicted octanol–water partition coefficient (Wildman–Crippen LogP) is 3.77. The van der Waals surface area contributed by atoms with E-state index in [-0.39, 0.29) is 23.9 Å². The van der Waals surface area contributed by atoms with Crippen molar-refractivity contribution >= 4 is 11.9 Å². The summed E-state index contributed by atoms with van der Waals surface area (Å²) in [5, 5.41) is 12.3. The third kappa shape index (κ3) is 4.47. The maximum atomic E-state index is 12.3. The van der Waals surface area contributed by atoms with E-state index in [0.717, 1.165) is 25.7 Å². The van der Waals surface area contributed by atoms with Gasteiger partial charge in [0, 0.05) is 6.04 Å². The van der Waals surface area contributed by atoms with Gasteiger partial charge in [0.05, 0.1) is 12.0 Å². The van der Waals surface area contributed by atoms with E-state index in [2.05, 4.69) is 29.6 Å². The second-order valence-electron chi connectivity index (χ2n) is 6.67. The van der Waals surface area contributed by atoms with Crippen LogP contribution in [-0.4, -0.2) is 23.0 Å². The van der Waals surface area contributed by atoms with Crippen LogP contribution in [-0.2, 0) is 11.2 Å². The Hall–Kier alpha value is -2.62. The van der Waals surface area contributed by atoms with Crippen LogP contribution in [0.5, 0.6) is 0 Å². The Morgan fingerprint density at radius 3 is 2.24 bits per heavy atom. The number of amides is 1. The van der Waals surface area contributed by atoms with Gasteiger partial charge in [0.25, 0.3) is 0 Å². The highest BCUT2D eigenvalue weighted by Crippen LogP contribution is 2.32. The smallest absolute Gasteiger partial charge is 0.335 e. The first kappa shape index (κ1) is 17.2. The first-order valence-electron chi connectivity index (χ1n) is 8.79. The average Bonchev–Trinajstić information content (AvgIpc) is 2.63. The van der Waals surface area contributed by atoms with E-state index in [1.807, 2.05) is 6.07 Å². The quantitative estimate of drug-likeness (QED) is 0.873. The van der Waals surface area contributed by atoms with Gasteiger partial charge in [-0.05, 0) is 48.8 Å². The first-order chi connectivity index (χ1) is 12.1. The molecule has 0 heterocycles. The lowest BCUT2D eigenvalue weighted by Gasteiger charge is -2.29. The van der Waals surface area contributed by atoms with Crippen LogP contribution in [0.25, 0.3) is 0 Å². The maximum absolute atomic E-state index is 12.3. The minimum atomic E-state index is -0.994. The van der Waals surface area contributed by atoms with Crippen molar-refractivity contribution in [3.05, 3.63) is 71.3 Å². The molecule has 1 aliphatic carbocycles. The van der Waals surface area contributed by atoms with E-state index in [0.29, 0.717) is 11.5 Å². The van der Waals surface area contributed by atoms with Crippen molar-refractivity contribution in [1.29, 1.82) is 0 Å². The Bertz CT molecular complexity index is 734. The molecule has 1 aliphatic rings. The molecule has 3 rings (SSSR count). The van der Waals surface area contributed by atoms with Crippen LogP contribution in [0.3, 0.4) is 0 Å². The Balaban J connectivity index is 1.52. The van der Waals surface area contributed by atoms with E-state index in [1.54, 1.807) is 18.2 Å². The normalized spacial score (nSPS) is 20.0. The van der Waals surface area contributed by atoms with Crippen LogP contribution in [0.4, 0.5) is 0 Å². The second-order valence-corrected chi connectivity index (χ2v) is 6.67. The zero-order valence-corrected chi connectivity index (χ0v) is 14.2. The molecule has 2 aromatic carbocycles. The molecule has 0 aromatic heterocycles. The molecular formula is C21H23NO3. The van der Waals surface area contributed by atoms with Crippen molar-refractivity contribution in [2.24, 2.45) is 0 Å². The van der Waals surface area contributed by atoms with Gasteiger partial charge in [0.15, 0.2) is 0 Å². The molecule has 0 spiro atoms. The Kier molecular flexibility index (Phi) is 5.49. The van der Waals surface area contributed by atoms with Gasteiger partial charge >= 0.3 is 5.97 Å². The number of aromatic carboxylic acids is 1. The molecule has 1 saturated carbocycles. The first-order valence-corrected chi connectivity index (χ1v) is 8.79. The number of nitrogens with one attached hydrogen (secondary N) is 1. The van der Waals surface area contributed by atoms with E-state index >= 15 is 0 Å². The highest BCUT2D eigenvalue weighted by Gasteiger charge is 2.23. The summed E-state index contributed by atoms with van der Waals surface area (Å²) in [5.74, 6) is -0.522. The molecule has 0 aliphatic heterocycles. The zero-order chi connectivity index (χ0) is 17.6. The fourth-order valence-electron chi connectivity index (χ4n) is 3.63. The summed E-state index contributed by atoms with van der Waals surface area (Å²) in [6.45, 7) is 0. The topological polar surface area (TPSA) is 66.4 Å². The van der Waals surface area contributed by atoms with Gasteiger partial charge in [-0.3, -0.25) is 4.79 Å². The van der Waals surface area contributed by atoms with E-state index < -0.39 is 5.97 Å². The number of carbonyl (C=O) groups is 2. The number of carboxylic acid groups (broad SMARTS) is 1. The zero-order valence-electron chi connectivity index (χ0n) is 14.2. The highest BCUT2D eigenvalue weighted by molar-refractivity contribution is 5.91. The van der Waals surface area contributed by atoms with Gasteiger partial charge in [-0.2, -0.15) is 0 Å². The summed E-state index contributed by atoms with van der Waals surface area (Å²) in [6, 6.07) is 17.4. The Morgan fingerprint density at radius 1 is 0.920 bits per heavy atom. The fraction of sp³-hybridized carbons (Fsp3) is 0.333. The Morgan fingerprint density at radius 2 is 1.56 bits per heavy atom. The van der Waals surface area contributed by atoms with Crippen LogP contribution in [0.1, 0.15) is 53.1 Å². The summed E-state index contributed by atoms with van der Waals surface area (Å²) in [4.78, 5) is 23.5.